The largest absolute Gasteiger partial charge is 0.355 e. The maximum Gasteiger partial charge on any atom is 0.227 e. The number of piperidine rings is 1. The number of rotatable bonds is 5. The van der Waals surface area contributed by atoms with Gasteiger partial charge >= 0.3 is 0 Å². The molecule has 0 aromatic carbocycles. The first-order valence-corrected chi connectivity index (χ1v) is 7.42. The number of hydrogen-bond donors (Lipinski definition) is 2. The molecule has 1 saturated heterocycles. The SMILES string of the molecule is CCN1CCC[C@](C)(C(=O)NCCc2n[nH]c(C)n2)C1. The second-order valence-corrected chi connectivity index (χ2v) is 5.88. The standard InChI is InChI=1S/C14H25N5O/c1-4-19-9-5-7-14(3,10-19)13(20)15-8-6-12-16-11(2)17-18-12/h4-10H2,1-3H3,(H,15,20)(H,16,17,18)/t14-/m0/s1. The van der Waals surface area contributed by atoms with Crippen molar-refractivity contribution in [2.75, 3.05) is 26.2 Å². The van der Waals surface area contributed by atoms with Crippen LogP contribution in [0.4, 0.5) is 0 Å². The van der Waals surface area contributed by atoms with Crippen molar-refractivity contribution in [2.45, 2.75) is 40.0 Å². The Morgan fingerprint density at radius 2 is 2.35 bits per heavy atom. The maximum absolute atomic E-state index is 12.4. The summed E-state index contributed by atoms with van der Waals surface area (Å²) in [6.07, 6.45) is 2.73. The van der Waals surface area contributed by atoms with Crippen molar-refractivity contribution >= 4 is 5.91 Å². The third-order valence-electron chi connectivity index (χ3n) is 4.05. The van der Waals surface area contributed by atoms with Gasteiger partial charge in [0.1, 0.15) is 5.82 Å². The number of likely N-dealkylation sites (tertiary alicyclic amines) is 1. The highest BCUT2D eigenvalue weighted by Crippen LogP contribution is 2.29. The second-order valence-electron chi connectivity index (χ2n) is 5.88. The minimum atomic E-state index is -0.261. The van der Waals surface area contributed by atoms with Crippen molar-refractivity contribution in [3.63, 3.8) is 0 Å². The first-order chi connectivity index (χ1) is 9.53. The van der Waals surface area contributed by atoms with E-state index in [1.54, 1.807) is 0 Å². The topological polar surface area (TPSA) is 73.9 Å². The predicted octanol–water partition coefficient (Wildman–Crippen LogP) is 0.894. The van der Waals surface area contributed by atoms with Gasteiger partial charge in [0.05, 0.1) is 5.41 Å². The van der Waals surface area contributed by atoms with Crippen LogP contribution in [-0.4, -0.2) is 52.2 Å². The number of aromatic nitrogens is 3. The fourth-order valence-electron chi connectivity index (χ4n) is 2.80. The molecule has 112 valence electrons. The summed E-state index contributed by atoms with van der Waals surface area (Å²) < 4.78 is 0. The Kier molecular flexibility index (Phi) is 4.75. The van der Waals surface area contributed by atoms with Crippen LogP contribution in [0.2, 0.25) is 0 Å². The van der Waals surface area contributed by atoms with E-state index in [4.69, 9.17) is 0 Å². The van der Waals surface area contributed by atoms with E-state index in [0.717, 1.165) is 44.1 Å². The van der Waals surface area contributed by atoms with E-state index in [1.165, 1.54) is 0 Å². The van der Waals surface area contributed by atoms with Crippen LogP contribution >= 0.6 is 0 Å². The Hall–Kier alpha value is -1.43. The number of carbonyl (C=O) groups is 1. The molecular formula is C14H25N5O. The summed E-state index contributed by atoms with van der Waals surface area (Å²) in [5.74, 6) is 1.72. The summed E-state index contributed by atoms with van der Waals surface area (Å²) in [5.41, 5.74) is -0.261. The highest BCUT2D eigenvalue weighted by Gasteiger charge is 2.36. The smallest absolute Gasteiger partial charge is 0.227 e. The van der Waals surface area contributed by atoms with Gasteiger partial charge in [-0.3, -0.25) is 9.89 Å². The first-order valence-electron chi connectivity index (χ1n) is 7.42. The Balaban J connectivity index is 1.81. The fraction of sp³-hybridized carbons (Fsp3) is 0.786. The molecule has 1 fully saturated rings. The van der Waals surface area contributed by atoms with Crippen molar-refractivity contribution in [3.8, 4) is 0 Å². The predicted molar refractivity (Wildman–Crippen MR) is 77.3 cm³/mol. The summed E-state index contributed by atoms with van der Waals surface area (Å²) in [7, 11) is 0. The average Bonchev–Trinajstić information content (AvgIpc) is 2.84. The van der Waals surface area contributed by atoms with Gasteiger partial charge in [-0.25, -0.2) is 4.98 Å². The molecule has 2 heterocycles. The molecule has 1 amide bonds. The van der Waals surface area contributed by atoms with Crippen molar-refractivity contribution < 1.29 is 4.79 Å². The molecule has 1 aliphatic rings. The molecule has 0 saturated carbocycles. The molecular weight excluding hydrogens is 254 g/mol. The summed E-state index contributed by atoms with van der Waals surface area (Å²) in [6, 6.07) is 0. The molecule has 20 heavy (non-hydrogen) atoms. The van der Waals surface area contributed by atoms with Gasteiger partial charge in [-0.05, 0) is 39.8 Å². The molecule has 6 nitrogen and oxygen atoms in total. The number of nitrogens with one attached hydrogen (secondary N) is 2. The van der Waals surface area contributed by atoms with E-state index in [2.05, 4.69) is 39.2 Å². The van der Waals surface area contributed by atoms with Crippen molar-refractivity contribution in [3.05, 3.63) is 11.6 Å². The molecule has 1 aromatic rings. The van der Waals surface area contributed by atoms with Crippen LogP contribution in [0.3, 0.4) is 0 Å². The molecule has 2 rings (SSSR count). The zero-order valence-electron chi connectivity index (χ0n) is 12.7. The third kappa shape index (κ3) is 3.56. The first kappa shape index (κ1) is 15.0. The lowest BCUT2D eigenvalue weighted by Crippen LogP contribution is -2.50. The second kappa shape index (κ2) is 6.35. The molecule has 1 atom stereocenters. The van der Waals surface area contributed by atoms with E-state index in [9.17, 15) is 4.79 Å². The monoisotopic (exact) mass is 279 g/mol. The zero-order chi connectivity index (χ0) is 14.6. The van der Waals surface area contributed by atoms with Crippen LogP contribution in [0.1, 0.15) is 38.3 Å². The lowest BCUT2D eigenvalue weighted by atomic mass is 9.81. The molecule has 0 radical (unpaired) electrons. The van der Waals surface area contributed by atoms with Crippen LogP contribution in [0.15, 0.2) is 0 Å². The van der Waals surface area contributed by atoms with Crippen molar-refractivity contribution in [2.24, 2.45) is 5.41 Å². The fourth-order valence-corrected chi connectivity index (χ4v) is 2.80. The number of nitrogens with zero attached hydrogens (tertiary/aromatic N) is 3. The highest BCUT2D eigenvalue weighted by atomic mass is 16.2. The zero-order valence-corrected chi connectivity index (χ0v) is 12.7. The lowest BCUT2D eigenvalue weighted by Gasteiger charge is -2.38. The molecule has 0 unspecified atom stereocenters. The van der Waals surface area contributed by atoms with Gasteiger partial charge < -0.3 is 10.2 Å². The number of aryl methyl sites for hydroxylation is 1. The quantitative estimate of drug-likeness (QED) is 0.839. The Labute approximate surface area is 120 Å². The van der Waals surface area contributed by atoms with Gasteiger partial charge in [0.2, 0.25) is 5.91 Å². The van der Waals surface area contributed by atoms with E-state index < -0.39 is 0 Å². The number of H-pyrrole nitrogens is 1. The van der Waals surface area contributed by atoms with Crippen LogP contribution in [0.5, 0.6) is 0 Å². The molecule has 1 aliphatic heterocycles. The molecule has 6 heteroatoms. The Morgan fingerprint density at radius 3 is 3.00 bits per heavy atom. The lowest BCUT2D eigenvalue weighted by molar-refractivity contribution is -0.133. The Bertz CT molecular complexity index is 458. The minimum absolute atomic E-state index is 0.155. The van der Waals surface area contributed by atoms with Gasteiger partial charge in [0.15, 0.2) is 5.82 Å². The van der Waals surface area contributed by atoms with Gasteiger partial charge in [0, 0.05) is 19.5 Å². The van der Waals surface area contributed by atoms with Crippen LogP contribution < -0.4 is 5.32 Å². The van der Waals surface area contributed by atoms with E-state index >= 15 is 0 Å². The number of carbonyl (C=O) groups excluding carboxylic acids is 1. The summed E-state index contributed by atoms with van der Waals surface area (Å²) in [4.78, 5) is 19.0. The summed E-state index contributed by atoms with van der Waals surface area (Å²) in [5, 5.41) is 9.92. The Morgan fingerprint density at radius 1 is 1.55 bits per heavy atom. The minimum Gasteiger partial charge on any atom is -0.355 e. The van der Waals surface area contributed by atoms with E-state index in [0.29, 0.717) is 13.0 Å². The number of aromatic amines is 1. The number of hydrogen-bond acceptors (Lipinski definition) is 4. The molecule has 0 spiro atoms. The average molecular weight is 279 g/mol. The van der Waals surface area contributed by atoms with E-state index in [1.807, 2.05) is 6.92 Å². The van der Waals surface area contributed by atoms with Gasteiger partial charge in [-0.15, -0.1) is 0 Å². The van der Waals surface area contributed by atoms with Gasteiger partial charge in [-0.1, -0.05) is 6.92 Å². The molecule has 0 bridgehead atoms. The van der Waals surface area contributed by atoms with Crippen LogP contribution in [0, 0.1) is 12.3 Å². The highest BCUT2D eigenvalue weighted by molar-refractivity contribution is 5.82. The molecule has 0 aliphatic carbocycles. The van der Waals surface area contributed by atoms with E-state index in [-0.39, 0.29) is 11.3 Å². The molecule has 1 aromatic heterocycles. The van der Waals surface area contributed by atoms with Crippen molar-refractivity contribution in [1.29, 1.82) is 0 Å². The molecule has 2 N–H and O–H groups in total. The van der Waals surface area contributed by atoms with Gasteiger partial charge in [-0.2, -0.15) is 5.10 Å². The summed E-state index contributed by atoms with van der Waals surface area (Å²) >= 11 is 0. The summed E-state index contributed by atoms with van der Waals surface area (Å²) in [6.45, 7) is 9.66. The number of amides is 1. The third-order valence-corrected chi connectivity index (χ3v) is 4.05. The van der Waals surface area contributed by atoms with Crippen molar-refractivity contribution in [1.82, 2.24) is 25.4 Å². The normalized spacial score (nSPS) is 23.8. The van der Waals surface area contributed by atoms with Gasteiger partial charge in [0.25, 0.3) is 0 Å². The maximum atomic E-state index is 12.4. The van der Waals surface area contributed by atoms with Crippen LogP contribution in [-0.2, 0) is 11.2 Å². The van der Waals surface area contributed by atoms with Crippen LogP contribution in [0.25, 0.3) is 0 Å².